The molecule has 0 spiro atoms. The summed E-state index contributed by atoms with van der Waals surface area (Å²) in [5.41, 5.74) is -0.0423. The van der Waals surface area contributed by atoms with E-state index in [2.05, 4.69) is 19.9 Å². The van der Waals surface area contributed by atoms with Gasteiger partial charge in [0.25, 0.3) is 0 Å². The van der Waals surface area contributed by atoms with Crippen LogP contribution >= 0.6 is 0 Å². The van der Waals surface area contributed by atoms with Crippen LogP contribution in [0, 0.1) is 40.4 Å². The molecule has 0 N–H and O–H groups in total. The topological polar surface area (TPSA) is 50.1 Å². The molecule has 0 aliphatic heterocycles. The summed E-state index contributed by atoms with van der Waals surface area (Å²) in [6, 6.07) is 2.60. The zero-order chi connectivity index (χ0) is 20.0. The third-order valence-electron chi connectivity index (χ3n) is 8.45. The highest BCUT2D eigenvalue weighted by Crippen LogP contribution is 2.46. The first-order chi connectivity index (χ1) is 13.6. The number of nitrogens with zero attached hydrogens (tertiary/aromatic N) is 1. The summed E-state index contributed by atoms with van der Waals surface area (Å²) in [7, 11) is 0. The van der Waals surface area contributed by atoms with Gasteiger partial charge in [0.15, 0.2) is 0 Å². The van der Waals surface area contributed by atoms with Crippen LogP contribution in [0.15, 0.2) is 0 Å². The van der Waals surface area contributed by atoms with Crippen molar-refractivity contribution >= 4 is 5.97 Å². The fourth-order valence-corrected chi connectivity index (χ4v) is 6.24. The van der Waals surface area contributed by atoms with E-state index in [4.69, 9.17) is 4.74 Å². The van der Waals surface area contributed by atoms with Gasteiger partial charge in [0.2, 0.25) is 0 Å². The highest BCUT2D eigenvalue weighted by atomic mass is 16.5. The summed E-state index contributed by atoms with van der Waals surface area (Å²) in [5, 5.41) is 9.51. The Labute approximate surface area is 172 Å². The maximum atomic E-state index is 12.6. The van der Waals surface area contributed by atoms with Crippen molar-refractivity contribution in [3.8, 4) is 6.07 Å². The average molecular weight is 388 g/mol. The smallest absolute Gasteiger partial charge is 0.309 e. The van der Waals surface area contributed by atoms with Crippen LogP contribution in [0.25, 0.3) is 0 Å². The van der Waals surface area contributed by atoms with Gasteiger partial charge in [-0.15, -0.1) is 0 Å². The van der Waals surface area contributed by atoms with E-state index in [0.29, 0.717) is 0 Å². The number of esters is 1. The van der Waals surface area contributed by atoms with Gasteiger partial charge in [-0.2, -0.15) is 5.26 Å². The quantitative estimate of drug-likeness (QED) is 0.471. The molecule has 0 bridgehead atoms. The molecule has 0 aromatic heterocycles. The SMILES string of the molecule is CCCC1CCC(C(=O)OC2CCC(C3CCC(C#N)(CC)CC3)CC2)CC1. The zero-order valence-electron chi connectivity index (χ0n) is 18.3. The molecule has 0 atom stereocenters. The first-order valence-electron chi connectivity index (χ1n) is 12.2. The summed E-state index contributed by atoms with van der Waals surface area (Å²) < 4.78 is 5.95. The monoisotopic (exact) mass is 387 g/mol. The number of carbonyl (C=O) groups excluding carboxylic acids is 1. The Morgan fingerprint density at radius 3 is 2.07 bits per heavy atom. The van der Waals surface area contributed by atoms with Crippen molar-refractivity contribution in [2.24, 2.45) is 29.1 Å². The third-order valence-corrected chi connectivity index (χ3v) is 8.45. The molecule has 28 heavy (non-hydrogen) atoms. The number of hydrogen-bond donors (Lipinski definition) is 0. The van der Waals surface area contributed by atoms with Crippen molar-refractivity contribution in [2.75, 3.05) is 0 Å². The van der Waals surface area contributed by atoms with Gasteiger partial charge in [-0.05, 0) is 101 Å². The molecule has 0 aromatic carbocycles. The molecule has 0 heterocycles. The van der Waals surface area contributed by atoms with Crippen LogP contribution in [0.2, 0.25) is 0 Å². The Bertz CT molecular complexity index is 527. The number of rotatable bonds is 6. The molecule has 0 aromatic rings. The molecule has 3 aliphatic carbocycles. The van der Waals surface area contributed by atoms with Gasteiger partial charge in [-0.25, -0.2) is 0 Å². The lowest BCUT2D eigenvalue weighted by Crippen LogP contribution is -2.33. The average Bonchev–Trinajstić information content (AvgIpc) is 2.75. The summed E-state index contributed by atoms with van der Waals surface area (Å²) in [5.74, 6) is 2.68. The molecule has 3 saturated carbocycles. The molecule has 0 unspecified atom stereocenters. The van der Waals surface area contributed by atoms with E-state index in [-0.39, 0.29) is 23.4 Å². The van der Waals surface area contributed by atoms with Crippen LogP contribution < -0.4 is 0 Å². The van der Waals surface area contributed by atoms with E-state index in [0.717, 1.165) is 62.7 Å². The van der Waals surface area contributed by atoms with Crippen molar-refractivity contribution in [2.45, 2.75) is 116 Å². The molecule has 3 rings (SSSR count). The summed E-state index contributed by atoms with van der Waals surface area (Å²) >= 11 is 0. The predicted octanol–water partition coefficient (Wildman–Crippen LogP) is 6.81. The van der Waals surface area contributed by atoms with Crippen LogP contribution in [0.4, 0.5) is 0 Å². The van der Waals surface area contributed by atoms with E-state index in [1.165, 1.54) is 51.4 Å². The van der Waals surface area contributed by atoms with Crippen LogP contribution in [0.5, 0.6) is 0 Å². The van der Waals surface area contributed by atoms with Crippen molar-refractivity contribution < 1.29 is 9.53 Å². The second-order valence-electron chi connectivity index (χ2n) is 10.1. The van der Waals surface area contributed by atoms with Crippen molar-refractivity contribution in [3.05, 3.63) is 0 Å². The molecule has 3 nitrogen and oxygen atoms in total. The Kier molecular flexibility index (Phi) is 7.84. The Morgan fingerprint density at radius 1 is 0.929 bits per heavy atom. The first-order valence-corrected chi connectivity index (χ1v) is 12.2. The minimum Gasteiger partial charge on any atom is -0.462 e. The van der Waals surface area contributed by atoms with Gasteiger partial charge in [0, 0.05) is 0 Å². The van der Waals surface area contributed by atoms with Crippen LogP contribution in [-0.2, 0) is 9.53 Å². The number of hydrogen-bond acceptors (Lipinski definition) is 3. The number of nitriles is 1. The first kappa shape index (κ1) is 21.7. The Balaban J connectivity index is 1.37. The highest BCUT2D eigenvalue weighted by Gasteiger charge is 2.38. The van der Waals surface area contributed by atoms with Crippen LogP contribution in [0.1, 0.15) is 110 Å². The van der Waals surface area contributed by atoms with Gasteiger partial charge in [0.05, 0.1) is 17.4 Å². The molecule has 3 aliphatic rings. The molecule has 0 radical (unpaired) electrons. The molecule has 3 heteroatoms. The lowest BCUT2D eigenvalue weighted by atomic mass is 9.65. The summed E-state index contributed by atoms with van der Waals surface area (Å²) in [4.78, 5) is 12.6. The summed E-state index contributed by atoms with van der Waals surface area (Å²) in [6.45, 7) is 4.42. The molecule has 0 amide bonds. The Morgan fingerprint density at radius 2 is 1.54 bits per heavy atom. The Hall–Kier alpha value is -1.04. The van der Waals surface area contributed by atoms with Gasteiger partial charge in [0.1, 0.15) is 6.10 Å². The molecule has 0 saturated heterocycles. The second-order valence-corrected chi connectivity index (χ2v) is 10.1. The van der Waals surface area contributed by atoms with Gasteiger partial charge in [-0.3, -0.25) is 4.79 Å². The second kappa shape index (κ2) is 10.1. The molecular formula is C25H41NO2. The minimum absolute atomic E-state index is 0.0423. The van der Waals surface area contributed by atoms with E-state index in [9.17, 15) is 10.1 Å². The zero-order valence-corrected chi connectivity index (χ0v) is 18.3. The summed E-state index contributed by atoms with van der Waals surface area (Å²) in [6.07, 6.45) is 17.4. The lowest BCUT2D eigenvalue weighted by Gasteiger charge is -2.40. The van der Waals surface area contributed by atoms with E-state index >= 15 is 0 Å². The fourth-order valence-electron chi connectivity index (χ4n) is 6.24. The molecule has 3 fully saturated rings. The van der Waals surface area contributed by atoms with Crippen molar-refractivity contribution in [1.82, 2.24) is 0 Å². The standard InChI is InChI=1S/C25H41NO2/c1-3-5-19-6-8-22(9-7-19)24(27)28-23-12-10-20(11-13-23)21-14-16-25(4-2,18-26)17-15-21/h19-23H,3-17H2,1-2H3. The van der Waals surface area contributed by atoms with Crippen molar-refractivity contribution in [3.63, 3.8) is 0 Å². The van der Waals surface area contributed by atoms with E-state index < -0.39 is 0 Å². The third kappa shape index (κ3) is 5.31. The lowest BCUT2D eigenvalue weighted by molar-refractivity contribution is -0.157. The van der Waals surface area contributed by atoms with Crippen LogP contribution in [-0.4, -0.2) is 12.1 Å². The van der Waals surface area contributed by atoms with Gasteiger partial charge >= 0.3 is 5.97 Å². The molecular weight excluding hydrogens is 346 g/mol. The van der Waals surface area contributed by atoms with E-state index in [1.54, 1.807) is 0 Å². The fraction of sp³-hybridized carbons (Fsp3) is 0.920. The highest BCUT2D eigenvalue weighted by molar-refractivity contribution is 5.72. The van der Waals surface area contributed by atoms with Gasteiger partial charge < -0.3 is 4.74 Å². The maximum absolute atomic E-state index is 12.6. The van der Waals surface area contributed by atoms with Gasteiger partial charge in [-0.1, -0.05) is 26.7 Å². The predicted molar refractivity (Wildman–Crippen MR) is 112 cm³/mol. The normalized spacial score (nSPS) is 39.1. The van der Waals surface area contributed by atoms with Crippen molar-refractivity contribution in [1.29, 1.82) is 5.26 Å². The van der Waals surface area contributed by atoms with Crippen LogP contribution in [0.3, 0.4) is 0 Å². The van der Waals surface area contributed by atoms with E-state index in [1.807, 2.05) is 0 Å². The molecule has 158 valence electrons. The largest absolute Gasteiger partial charge is 0.462 e. The minimum atomic E-state index is -0.0423. The maximum Gasteiger partial charge on any atom is 0.309 e. The number of carbonyl (C=O) groups is 1. The number of ether oxygens (including phenoxy) is 1.